The summed E-state index contributed by atoms with van der Waals surface area (Å²) in [4.78, 5) is 18.5. The van der Waals surface area contributed by atoms with Crippen molar-refractivity contribution >= 4 is 19.2 Å². The lowest BCUT2D eigenvalue weighted by Gasteiger charge is -2.22. The topological polar surface area (TPSA) is 57.5 Å². The average molecular weight is 249 g/mol. The summed E-state index contributed by atoms with van der Waals surface area (Å²) < 4.78 is 11.3. The molecule has 0 bridgehead atoms. The summed E-state index contributed by atoms with van der Waals surface area (Å²) in [6, 6.07) is 6.60. The zero-order valence-corrected chi connectivity index (χ0v) is 10.2. The van der Waals surface area contributed by atoms with Crippen LogP contribution < -0.4 is 0 Å². The normalized spacial score (nSPS) is 14.3. The van der Waals surface area contributed by atoms with Crippen LogP contribution in [0.15, 0.2) is 24.3 Å². The summed E-state index contributed by atoms with van der Waals surface area (Å²) in [7, 11) is -4.11. The van der Waals surface area contributed by atoms with Crippen LogP contribution in [-0.4, -0.2) is 9.79 Å². The summed E-state index contributed by atoms with van der Waals surface area (Å²) in [5.41, 5.74) is -0.127. The maximum Gasteiger partial charge on any atom is 0.333 e. The predicted octanol–water partition coefficient (Wildman–Crippen LogP) is 3.21. The molecule has 0 aliphatic carbocycles. The third kappa shape index (κ3) is 3.32. The molecule has 0 aliphatic heterocycles. The number of hydrogen-bond acceptors (Lipinski definition) is 1. The average Bonchev–Trinajstić information content (AvgIpc) is 2.05. The Bertz CT molecular complexity index is 369. The van der Waals surface area contributed by atoms with Crippen LogP contribution in [0.1, 0.15) is 25.1 Å². The van der Waals surface area contributed by atoms with Crippen molar-refractivity contribution in [3.05, 3.63) is 34.9 Å². The molecule has 0 radical (unpaired) electrons. The molecule has 5 heteroatoms. The highest BCUT2D eigenvalue weighted by Crippen LogP contribution is 2.55. The molecule has 0 fully saturated rings. The molecular weight excluding hydrogens is 235 g/mol. The van der Waals surface area contributed by atoms with Crippen LogP contribution in [0.3, 0.4) is 0 Å². The third-order valence-corrected chi connectivity index (χ3v) is 4.08. The minimum Gasteiger partial charge on any atom is -0.324 e. The highest BCUT2D eigenvalue weighted by molar-refractivity contribution is 7.52. The van der Waals surface area contributed by atoms with Crippen molar-refractivity contribution in [2.24, 2.45) is 5.92 Å². The molecule has 0 aromatic heterocycles. The smallest absolute Gasteiger partial charge is 0.324 e. The molecule has 0 spiro atoms. The lowest BCUT2D eigenvalue weighted by molar-refractivity contribution is 0.343. The second-order valence-corrected chi connectivity index (χ2v) is 6.00. The van der Waals surface area contributed by atoms with Gasteiger partial charge in [-0.05, 0) is 23.6 Å². The van der Waals surface area contributed by atoms with Crippen molar-refractivity contribution in [1.82, 2.24) is 0 Å². The zero-order valence-electron chi connectivity index (χ0n) is 8.59. The van der Waals surface area contributed by atoms with Crippen molar-refractivity contribution in [1.29, 1.82) is 0 Å². The van der Waals surface area contributed by atoms with Crippen molar-refractivity contribution in [2.75, 3.05) is 0 Å². The van der Waals surface area contributed by atoms with Gasteiger partial charge in [-0.25, -0.2) is 0 Å². The molecule has 0 amide bonds. The van der Waals surface area contributed by atoms with Crippen molar-refractivity contribution in [3.63, 3.8) is 0 Å². The molecule has 1 aromatic rings. The van der Waals surface area contributed by atoms with Gasteiger partial charge in [0.25, 0.3) is 0 Å². The number of rotatable bonds is 3. The molecule has 15 heavy (non-hydrogen) atoms. The molecule has 1 rings (SSSR count). The van der Waals surface area contributed by atoms with E-state index in [1.54, 1.807) is 38.1 Å². The standard InChI is InChI=1S/C10H14ClO3P/c1-7(2)10(15(12,13)14)8-3-5-9(11)6-4-8/h3-7,10H,1-2H3,(H2,12,13,14). The summed E-state index contributed by atoms with van der Waals surface area (Å²) >= 11 is 5.72. The van der Waals surface area contributed by atoms with Crippen LogP contribution in [0.5, 0.6) is 0 Å². The van der Waals surface area contributed by atoms with Gasteiger partial charge >= 0.3 is 7.60 Å². The molecule has 3 nitrogen and oxygen atoms in total. The molecule has 1 aromatic carbocycles. The van der Waals surface area contributed by atoms with Crippen molar-refractivity contribution < 1.29 is 14.4 Å². The van der Waals surface area contributed by atoms with Gasteiger partial charge in [0, 0.05) is 5.02 Å². The zero-order chi connectivity index (χ0) is 11.6. The molecule has 0 aliphatic rings. The fraction of sp³-hybridized carbons (Fsp3) is 0.400. The van der Waals surface area contributed by atoms with E-state index in [2.05, 4.69) is 0 Å². The molecule has 1 atom stereocenters. The van der Waals surface area contributed by atoms with Gasteiger partial charge in [-0.15, -0.1) is 0 Å². The fourth-order valence-corrected chi connectivity index (χ4v) is 3.09. The van der Waals surface area contributed by atoms with E-state index < -0.39 is 13.3 Å². The molecule has 1 unspecified atom stereocenters. The Morgan fingerprint density at radius 3 is 2.00 bits per heavy atom. The van der Waals surface area contributed by atoms with Crippen molar-refractivity contribution in [2.45, 2.75) is 19.5 Å². The van der Waals surface area contributed by atoms with Gasteiger partial charge in [-0.3, -0.25) is 4.57 Å². The van der Waals surface area contributed by atoms with Gasteiger partial charge in [0.1, 0.15) is 0 Å². The second-order valence-electron chi connectivity index (χ2n) is 3.83. The molecular formula is C10H14ClO3P. The first kappa shape index (κ1) is 12.7. The summed E-state index contributed by atoms with van der Waals surface area (Å²) in [6.45, 7) is 3.58. The van der Waals surface area contributed by atoms with Crippen LogP contribution in [0, 0.1) is 5.92 Å². The van der Waals surface area contributed by atoms with Crippen LogP contribution in [0.4, 0.5) is 0 Å². The van der Waals surface area contributed by atoms with E-state index in [-0.39, 0.29) is 5.92 Å². The number of halogens is 1. The number of hydrogen-bond donors (Lipinski definition) is 2. The fourth-order valence-electron chi connectivity index (χ4n) is 1.63. The van der Waals surface area contributed by atoms with E-state index in [1.807, 2.05) is 0 Å². The summed E-state index contributed by atoms with van der Waals surface area (Å²) in [5, 5.41) is 0.562. The van der Waals surface area contributed by atoms with Crippen molar-refractivity contribution in [3.8, 4) is 0 Å². The molecule has 2 N–H and O–H groups in total. The molecule has 0 heterocycles. The van der Waals surface area contributed by atoms with Gasteiger partial charge < -0.3 is 9.79 Å². The minimum absolute atomic E-state index is 0.119. The second kappa shape index (κ2) is 4.67. The van der Waals surface area contributed by atoms with Gasteiger partial charge in [-0.1, -0.05) is 37.6 Å². The van der Waals surface area contributed by atoms with E-state index in [0.717, 1.165) is 0 Å². The largest absolute Gasteiger partial charge is 0.333 e. The SMILES string of the molecule is CC(C)C(c1ccc(Cl)cc1)P(=O)(O)O. The Labute approximate surface area is 94.2 Å². The third-order valence-electron chi connectivity index (χ3n) is 2.21. The van der Waals surface area contributed by atoms with E-state index in [0.29, 0.717) is 10.6 Å². The van der Waals surface area contributed by atoms with E-state index in [4.69, 9.17) is 11.6 Å². The maximum atomic E-state index is 11.3. The Morgan fingerprint density at radius 2 is 1.67 bits per heavy atom. The quantitative estimate of drug-likeness (QED) is 0.808. The lowest BCUT2D eigenvalue weighted by atomic mass is 10.0. The van der Waals surface area contributed by atoms with E-state index in [1.165, 1.54) is 0 Å². The van der Waals surface area contributed by atoms with Crippen LogP contribution in [0.2, 0.25) is 5.02 Å². The van der Waals surface area contributed by atoms with Gasteiger partial charge in [0.2, 0.25) is 0 Å². The molecule has 0 saturated heterocycles. The Hall–Kier alpha value is -0.340. The highest BCUT2D eigenvalue weighted by Gasteiger charge is 2.32. The Morgan fingerprint density at radius 1 is 1.20 bits per heavy atom. The van der Waals surface area contributed by atoms with Crippen LogP contribution >= 0.6 is 19.2 Å². The summed E-state index contributed by atoms with van der Waals surface area (Å²) in [6.07, 6.45) is 0. The van der Waals surface area contributed by atoms with Crippen LogP contribution in [0.25, 0.3) is 0 Å². The highest BCUT2D eigenvalue weighted by atomic mass is 35.5. The van der Waals surface area contributed by atoms with E-state index in [9.17, 15) is 14.4 Å². The van der Waals surface area contributed by atoms with Gasteiger partial charge in [0.05, 0.1) is 5.66 Å². The van der Waals surface area contributed by atoms with Gasteiger partial charge in [0.15, 0.2) is 0 Å². The Kier molecular flexibility index (Phi) is 3.96. The lowest BCUT2D eigenvalue weighted by Crippen LogP contribution is -2.07. The van der Waals surface area contributed by atoms with E-state index >= 15 is 0 Å². The van der Waals surface area contributed by atoms with Gasteiger partial charge in [-0.2, -0.15) is 0 Å². The maximum absolute atomic E-state index is 11.3. The molecule has 0 saturated carbocycles. The first-order chi connectivity index (χ1) is 6.82. The minimum atomic E-state index is -4.11. The summed E-state index contributed by atoms with van der Waals surface area (Å²) in [5.74, 6) is -0.119. The first-order valence-electron chi connectivity index (χ1n) is 4.63. The molecule has 84 valence electrons. The number of benzene rings is 1. The predicted molar refractivity (Wildman–Crippen MR) is 61.1 cm³/mol. The first-order valence-corrected chi connectivity index (χ1v) is 6.69. The Balaban J connectivity index is 3.11. The monoisotopic (exact) mass is 248 g/mol. The van der Waals surface area contributed by atoms with Crippen LogP contribution in [-0.2, 0) is 4.57 Å².